The Bertz CT molecular complexity index is 484. The Hall–Kier alpha value is -1.29. The van der Waals surface area contributed by atoms with Crippen molar-refractivity contribution in [1.82, 2.24) is 4.98 Å². The van der Waals surface area contributed by atoms with Gasteiger partial charge >= 0.3 is 5.97 Å². The molecule has 102 valence electrons. The summed E-state index contributed by atoms with van der Waals surface area (Å²) >= 11 is 6.06. The maximum absolute atomic E-state index is 11.8. The molecule has 0 N–H and O–H groups in total. The van der Waals surface area contributed by atoms with Crippen LogP contribution in [0.15, 0.2) is 12.3 Å². The van der Waals surface area contributed by atoms with Crippen LogP contribution < -0.4 is 4.74 Å². The molecule has 0 radical (unpaired) electrons. The van der Waals surface area contributed by atoms with E-state index < -0.39 is 0 Å². The lowest BCUT2D eigenvalue weighted by atomic mass is 10.3. The average molecular weight is 282 g/mol. The molecule has 1 aromatic rings. The number of halogens is 1. The van der Waals surface area contributed by atoms with Gasteiger partial charge in [-0.05, 0) is 43.6 Å². The Morgan fingerprint density at radius 2 is 1.95 bits per heavy atom. The highest BCUT2D eigenvalue weighted by Crippen LogP contribution is 2.31. The molecule has 0 atom stereocenters. The van der Waals surface area contributed by atoms with Crippen LogP contribution in [0.3, 0.4) is 0 Å². The minimum absolute atomic E-state index is 0.363. The quantitative estimate of drug-likeness (QED) is 0.752. The van der Waals surface area contributed by atoms with E-state index >= 15 is 0 Å². The smallest absolute Gasteiger partial charge is 0.339 e. The Morgan fingerprint density at radius 3 is 2.58 bits per heavy atom. The zero-order chi connectivity index (χ0) is 13.2. The molecule has 0 spiro atoms. The average Bonchev–Trinajstić information content (AvgIpc) is 3.27. The van der Waals surface area contributed by atoms with Crippen molar-refractivity contribution in [2.45, 2.75) is 25.7 Å². The number of nitrogens with zero attached hydrogens (tertiary/aromatic N) is 1. The van der Waals surface area contributed by atoms with Crippen LogP contribution in [0, 0.1) is 11.8 Å². The van der Waals surface area contributed by atoms with Crippen molar-refractivity contribution < 1.29 is 14.3 Å². The maximum Gasteiger partial charge on any atom is 0.339 e. The maximum atomic E-state index is 11.8. The van der Waals surface area contributed by atoms with E-state index in [2.05, 4.69) is 4.98 Å². The molecule has 0 unspecified atom stereocenters. The van der Waals surface area contributed by atoms with E-state index in [0.717, 1.165) is 12.8 Å². The van der Waals surface area contributed by atoms with Crippen molar-refractivity contribution in [3.05, 3.63) is 22.8 Å². The first kappa shape index (κ1) is 12.7. The van der Waals surface area contributed by atoms with Gasteiger partial charge in [-0.15, -0.1) is 0 Å². The number of aromatic nitrogens is 1. The molecule has 2 aliphatic rings. The van der Waals surface area contributed by atoms with Gasteiger partial charge in [0, 0.05) is 6.20 Å². The highest BCUT2D eigenvalue weighted by atomic mass is 35.5. The van der Waals surface area contributed by atoms with Crippen LogP contribution in [-0.2, 0) is 4.74 Å². The molecule has 1 heterocycles. The summed E-state index contributed by atoms with van der Waals surface area (Å²) < 4.78 is 10.7. The summed E-state index contributed by atoms with van der Waals surface area (Å²) in [7, 11) is 0. The highest BCUT2D eigenvalue weighted by molar-refractivity contribution is 6.32. The molecule has 0 amide bonds. The summed E-state index contributed by atoms with van der Waals surface area (Å²) in [5.41, 5.74) is 0.379. The molecule has 0 bridgehead atoms. The number of carbonyl (C=O) groups excluding carboxylic acids is 1. The zero-order valence-corrected chi connectivity index (χ0v) is 11.4. The molecule has 1 aromatic heterocycles. The van der Waals surface area contributed by atoms with Gasteiger partial charge in [0.15, 0.2) is 0 Å². The predicted octanol–water partition coefficient (Wildman–Crippen LogP) is 3.09. The SMILES string of the molecule is O=C(OCC1CC1)c1cnc(OCC2CC2)c(Cl)c1. The summed E-state index contributed by atoms with van der Waals surface area (Å²) in [4.78, 5) is 15.8. The second kappa shape index (κ2) is 5.37. The largest absolute Gasteiger partial charge is 0.476 e. The first-order chi connectivity index (χ1) is 9.22. The number of pyridine rings is 1. The number of esters is 1. The van der Waals surface area contributed by atoms with Gasteiger partial charge < -0.3 is 9.47 Å². The first-order valence-corrected chi connectivity index (χ1v) is 7.05. The molecular formula is C14H16ClNO3. The van der Waals surface area contributed by atoms with E-state index in [9.17, 15) is 4.79 Å². The number of hydrogen-bond acceptors (Lipinski definition) is 4. The fraction of sp³-hybridized carbons (Fsp3) is 0.571. The van der Waals surface area contributed by atoms with Gasteiger partial charge in [0.1, 0.15) is 5.02 Å². The van der Waals surface area contributed by atoms with Crippen molar-refractivity contribution in [2.24, 2.45) is 11.8 Å². The van der Waals surface area contributed by atoms with E-state index in [1.54, 1.807) is 6.07 Å². The third-order valence-corrected chi connectivity index (χ3v) is 3.61. The number of hydrogen-bond donors (Lipinski definition) is 0. The van der Waals surface area contributed by atoms with E-state index in [0.29, 0.717) is 41.5 Å². The van der Waals surface area contributed by atoms with Crippen molar-refractivity contribution >= 4 is 17.6 Å². The second-order valence-electron chi connectivity index (χ2n) is 5.31. The Morgan fingerprint density at radius 1 is 1.26 bits per heavy atom. The van der Waals surface area contributed by atoms with Gasteiger partial charge in [0.2, 0.25) is 5.88 Å². The summed E-state index contributed by atoms with van der Waals surface area (Å²) in [6.45, 7) is 1.15. The van der Waals surface area contributed by atoms with Crippen LogP contribution in [0.4, 0.5) is 0 Å². The molecule has 5 heteroatoms. The third kappa shape index (κ3) is 3.60. The van der Waals surface area contributed by atoms with E-state index in [4.69, 9.17) is 21.1 Å². The molecule has 0 saturated heterocycles. The molecule has 4 nitrogen and oxygen atoms in total. The van der Waals surface area contributed by atoms with Crippen LogP contribution in [0.5, 0.6) is 5.88 Å². The van der Waals surface area contributed by atoms with Crippen molar-refractivity contribution in [3.8, 4) is 5.88 Å². The molecule has 19 heavy (non-hydrogen) atoms. The predicted molar refractivity (Wildman–Crippen MR) is 70.5 cm³/mol. The lowest BCUT2D eigenvalue weighted by Gasteiger charge is -2.08. The van der Waals surface area contributed by atoms with E-state index in [1.807, 2.05) is 0 Å². The molecule has 0 aliphatic heterocycles. The Balaban J connectivity index is 1.58. The monoisotopic (exact) mass is 281 g/mol. The van der Waals surface area contributed by atoms with E-state index in [-0.39, 0.29) is 5.97 Å². The van der Waals surface area contributed by atoms with E-state index in [1.165, 1.54) is 19.0 Å². The summed E-state index contributed by atoms with van der Waals surface area (Å²) in [6, 6.07) is 1.56. The third-order valence-electron chi connectivity index (χ3n) is 3.34. The highest BCUT2D eigenvalue weighted by Gasteiger charge is 2.24. The standard InChI is InChI=1S/C14H16ClNO3/c15-12-5-11(14(17)19-8-10-3-4-10)6-16-13(12)18-7-9-1-2-9/h5-6,9-10H,1-4,7-8H2. The second-order valence-corrected chi connectivity index (χ2v) is 5.71. The van der Waals surface area contributed by atoms with Crippen LogP contribution in [-0.4, -0.2) is 24.2 Å². The van der Waals surface area contributed by atoms with Crippen LogP contribution in [0.1, 0.15) is 36.0 Å². The zero-order valence-electron chi connectivity index (χ0n) is 10.6. The normalized spacial score (nSPS) is 18.2. The minimum atomic E-state index is -0.366. The van der Waals surface area contributed by atoms with Crippen molar-refractivity contribution in [2.75, 3.05) is 13.2 Å². The van der Waals surface area contributed by atoms with Crippen molar-refractivity contribution in [3.63, 3.8) is 0 Å². The summed E-state index contributed by atoms with van der Waals surface area (Å²) in [6.07, 6.45) is 6.19. The topological polar surface area (TPSA) is 48.4 Å². The van der Waals surface area contributed by atoms with Gasteiger partial charge in [-0.1, -0.05) is 11.6 Å². The van der Waals surface area contributed by atoms with Crippen LogP contribution in [0.25, 0.3) is 0 Å². The Labute approximate surface area is 117 Å². The van der Waals surface area contributed by atoms with Gasteiger partial charge in [0.05, 0.1) is 18.8 Å². The number of ether oxygens (including phenoxy) is 2. The minimum Gasteiger partial charge on any atom is -0.476 e. The van der Waals surface area contributed by atoms with Gasteiger partial charge in [-0.3, -0.25) is 0 Å². The van der Waals surface area contributed by atoms with Gasteiger partial charge in [-0.25, -0.2) is 9.78 Å². The molecular weight excluding hydrogens is 266 g/mol. The number of carbonyl (C=O) groups is 1. The lowest BCUT2D eigenvalue weighted by Crippen LogP contribution is -2.09. The molecule has 0 aromatic carbocycles. The fourth-order valence-electron chi connectivity index (χ4n) is 1.69. The summed E-state index contributed by atoms with van der Waals surface area (Å²) in [5.74, 6) is 1.22. The first-order valence-electron chi connectivity index (χ1n) is 6.68. The van der Waals surface area contributed by atoms with Crippen LogP contribution in [0.2, 0.25) is 5.02 Å². The Kier molecular flexibility index (Phi) is 3.60. The van der Waals surface area contributed by atoms with Gasteiger partial charge in [-0.2, -0.15) is 0 Å². The lowest BCUT2D eigenvalue weighted by molar-refractivity contribution is 0.0485. The fourth-order valence-corrected chi connectivity index (χ4v) is 1.91. The van der Waals surface area contributed by atoms with Crippen molar-refractivity contribution in [1.29, 1.82) is 0 Å². The molecule has 2 fully saturated rings. The van der Waals surface area contributed by atoms with Crippen LogP contribution >= 0.6 is 11.6 Å². The number of rotatable bonds is 6. The molecule has 2 saturated carbocycles. The molecule has 2 aliphatic carbocycles. The van der Waals surface area contributed by atoms with Gasteiger partial charge in [0.25, 0.3) is 0 Å². The molecule has 3 rings (SSSR count). The summed E-state index contributed by atoms with van der Waals surface area (Å²) in [5, 5.41) is 0.363.